The van der Waals surface area contributed by atoms with Crippen molar-refractivity contribution in [3.8, 4) is 5.75 Å². The average molecular weight is 282 g/mol. The highest BCUT2D eigenvalue weighted by molar-refractivity contribution is 5.33. The smallest absolute Gasteiger partial charge is 0.119 e. The Morgan fingerprint density at radius 1 is 1.10 bits per heavy atom. The van der Waals surface area contributed by atoms with E-state index in [1.807, 2.05) is 24.3 Å². The minimum absolute atomic E-state index is 0.0651. The quantitative estimate of drug-likeness (QED) is 0.905. The number of aliphatic hydroxyl groups excluding tert-OH is 1. The maximum Gasteiger partial charge on any atom is 0.119 e. The van der Waals surface area contributed by atoms with Crippen molar-refractivity contribution in [3.05, 3.63) is 65.7 Å². The van der Waals surface area contributed by atoms with Crippen LogP contribution in [-0.4, -0.2) is 18.3 Å². The second-order valence-corrected chi connectivity index (χ2v) is 5.95. The van der Waals surface area contributed by atoms with Crippen molar-refractivity contribution < 1.29 is 9.84 Å². The molecule has 2 aromatic carbocycles. The summed E-state index contributed by atoms with van der Waals surface area (Å²) in [6.07, 6.45) is 3.67. The van der Waals surface area contributed by atoms with Crippen LogP contribution in [0, 0.1) is 0 Å². The van der Waals surface area contributed by atoms with Gasteiger partial charge in [-0.3, -0.25) is 0 Å². The fourth-order valence-corrected chi connectivity index (χ4v) is 3.36. The van der Waals surface area contributed by atoms with Crippen LogP contribution in [-0.2, 0) is 11.8 Å². The Kier molecular flexibility index (Phi) is 3.98. The van der Waals surface area contributed by atoms with Crippen LogP contribution >= 0.6 is 0 Å². The van der Waals surface area contributed by atoms with Gasteiger partial charge in [0.15, 0.2) is 0 Å². The van der Waals surface area contributed by atoms with Crippen molar-refractivity contribution in [1.29, 1.82) is 0 Å². The Balaban J connectivity index is 1.81. The van der Waals surface area contributed by atoms with Crippen molar-refractivity contribution in [2.75, 3.05) is 7.11 Å². The number of hydrogen-bond acceptors (Lipinski definition) is 2. The first-order valence-corrected chi connectivity index (χ1v) is 7.61. The Labute approximate surface area is 126 Å². The van der Waals surface area contributed by atoms with Gasteiger partial charge in [-0.05, 0) is 42.5 Å². The fourth-order valence-electron chi connectivity index (χ4n) is 3.36. The van der Waals surface area contributed by atoms with E-state index in [-0.39, 0.29) is 11.5 Å². The normalized spacial score (nSPS) is 17.8. The van der Waals surface area contributed by atoms with E-state index < -0.39 is 0 Å². The first-order chi connectivity index (χ1) is 10.2. The van der Waals surface area contributed by atoms with Gasteiger partial charge >= 0.3 is 0 Å². The summed E-state index contributed by atoms with van der Waals surface area (Å²) in [5.41, 5.74) is 2.33. The Morgan fingerprint density at radius 3 is 2.48 bits per heavy atom. The third-order valence-corrected chi connectivity index (χ3v) is 4.80. The summed E-state index contributed by atoms with van der Waals surface area (Å²) in [6.45, 7) is 0. The zero-order chi connectivity index (χ0) is 14.7. The zero-order valence-corrected chi connectivity index (χ0v) is 12.5. The largest absolute Gasteiger partial charge is 0.497 e. The minimum Gasteiger partial charge on any atom is -0.497 e. The van der Waals surface area contributed by atoms with Gasteiger partial charge in [-0.2, -0.15) is 0 Å². The number of ether oxygens (including phenoxy) is 1. The van der Waals surface area contributed by atoms with Gasteiger partial charge in [0.05, 0.1) is 13.2 Å². The summed E-state index contributed by atoms with van der Waals surface area (Å²) in [5, 5.41) is 10.8. The average Bonchev–Trinajstić information content (AvgIpc) is 2.47. The Hall–Kier alpha value is -1.80. The monoisotopic (exact) mass is 282 g/mol. The maximum atomic E-state index is 10.8. The lowest BCUT2D eigenvalue weighted by molar-refractivity contribution is 0.0285. The molecule has 0 aliphatic heterocycles. The van der Waals surface area contributed by atoms with Crippen LogP contribution in [0.2, 0.25) is 0 Å². The van der Waals surface area contributed by atoms with Gasteiger partial charge in [0.1, 0.15) is 5.75 Å². The molecule has 3 rings (SSSR count). The van der Waals surface area contributed by atoms with E-state index in [0.29, 0.717) is 6.42 Å². The molecule has 2 aromatic rings. The van der Waals surface area contributed by atoms with Crippen LogP contribution in [0.3, 0.4) is 0 Å². The lowest BCUT2D eigenvalue weighted by Crippen LogP contribution is -2.46. The van der Waals surface area contributed by atoms with E-state index in [1.165, 1.54) is 12.0 Å². The van der Waals surface area contributed by atoms with Crippen molar-refractivity contribution in [3.63, 3.8) is 0 Å². The fraction of sp³-hybridized carbons (Fsp3) is 0.368. The first-order valence-electron chi connectivity index (χ1n) is 7.61. The molecule has 1 saturated carbocycles. The van der Waals surface area contributed by atoms with Gasteiger partial charge in [0.2, 0.25) is 0 Å². The molecule has 1 aliphatic rings. The van der Waals surface area contributed by atoms with Crippen LogP contribution in [0.1, 0.15) is 30.4 Å². The summed E-state index contributed by atoms with van der Waals surface area (Å²) in [5.74, 6) is 0.849. The number of methoxy groups -OCH3 is 1. The highest BCUT2D eigenvalue weighted by atomic mass is 16.5. The SMILES string of the molecule is COc1cccc(CC(O)C2(c3ccccc3)CCC2)c1. The molecule has 2 heteroatoms. The molecule has 0 saturated heterocycles. The van der Waals surface area contributed by atoms with Crippen LogP contribution in [0.4, 0.5) is 0 Å². The molecule has 0 spiro atoms. The molecule has 2 nitrogen and oxygen atoms in total. The predicted molar refractivity (Wildman–Crippen MR) is 84.7 cm³/mol. The second-order valence-electron chi connectivity index (χ2n) is 5.95. The first kappa shape index (κ1) is 14.2. The van der Waals surface area contributed by atoms with E-state index in [4.69, 9.17) is 4.74 Å². The van der Waals surface area contributed by atoms with Gasteiger partial charge in [-0.15, -0.1) is 0 Å². The lowest BCUT2D eigenvalue weighted by atomic mass is 9.60. The van der Waals surface area contributed by atoms with Gasteiger partial charge in [0, 0.05) is 5.41 Å². The molecule has 0 amide bonds. The zero-order valence-electron chi connectivity index (χ0n) is 12.5. The van der Waals surface area contributed by atoms with Gasteiger partial charge in [0.25, 0.3) is 0 Å². The molecular weight excluding hydrogens is 260 g/mol. The molecule has 1 atom stereocenters. The molecule has 21 heavy (non-hydrogen) atoms. The summed E-state index contributed by atoms with van der Waals surface area (Å²) in [4.78, 5) is 0. The van der Waals surface area contributed by atoms with Gasteiger partial charge in [-0.25, -0.2) is 0 Å². The number of aliphatic hydroxyl groups is 1. The van der Waals surface area contributed by atoms with Crippen LogP contribution in [0.25, 0.3) is 0 Å². The maximum absolute atomic E-state index is 10.8. The molecule has 110 valence electrons. The van der Waals surface area contributed by atoms with E-state index in [9.17, 15) is 5.11 Å². The van der Waals surface area contributed by atoms with Crippen LogP contribution in [0.15, 0.2) is 54.6 Å². The molecule has 0 heterocycles. The molecule has 1 fully saturated rings. The lowest BCUT2D eigenvalue weighted by Gasteiger charge is -2.46. The second kappa shape index (κ2) is 5.90. The summed E-state index contributed by atoms with van der Waals surface area (Å²) >= 11 is 0. The topological polar surface area (TPSA) is 29.5 Å². The predicted octanol–water partition coefficient (Wildman–Crippen LogP) is 3.72. The summed E-state index contributed by atoms with van der Waals surface area (Å²) < 4.78 is 5.27. The molecular formula is C19H22O2. The van der Waals surface area contributed by atoms with Crippen molar-refractivity contribution in [2.45, 2.75) is 37.2 Å². The molecule has 1 unspecified atom stereocenters. The van der Waals surface area contributed by atoms with Crippen LogP contribution in [0.5, 0.6) is 5.75 Å². The van der Waals surface area contributed by atoms with Crippen molar-refractivity contribution >= 4 is 0 Å². The highest BCUT2D eigenvalue weighted by Gasteiger charge is 2.44. The van der Waals surface area contributed by atoms with Crippen LogP contribution < -0.4 is 4.74 Å². The molecule has 0 aromatic heterocycles. The number of hydrogen-bond donors (Lipinski definition) is 1. The highest BCUT2D eigenvalue weighted by Crippen LogP contribution is 2.47. The van der Waals surface area contributed by atoms with Crippen molar-refractivity contribution in [2.24, 2.45) is 0 Å². The third kappa shape index (κ3) is 2.68. The van der Waals surface area contributed by atoms with E-state index in [0.717, 1.165) is 24.2 Å². The Bertz CT molecular complexity index is 588. The van der Waals surface area contributed by atoms with E-state index in [1.54, 1.807) is 7.11 Å². The molecule has 0 bridgehead atoms. The molecule has 1 aliphatic carbocycles. The summed E-state index contributed by atoms with van der Waals surface area (Å²) in [7, 11) is 1.67. The molecule has 0 radical (unpaired) electrons. The Morgan fingerprint density at radius 2 is 1.86 bits per heavy atom. The number of rotatable bonds is 5. The standard InChI is InChI=1S/C19H22O2/c1-21-17-10-5-7-15(13-17)14-18(20)19(11-6-12-19)16-8-3-2-4-9-16/h2-5,7-10,13,18,20H,6,11-12,14H2,1H3. The van der Waals surface area contributed by atoms with Crippen molar-refractivity contribution in [1.82, 2.24) is 0 Å². The minimum atomic E-state index is -0.347. The van der Waals surface area contributed by atoms with Gasteiger partial charge < -0.3 is 9.84 Å². The molecule has 1 N–H and O–H groups in total. The third-order valence-electron chi connectivity index (χ3n) is 4.80. The van der Waals surface area contributed by atoms with E-state index in [2.05, 4.69) is 30.3 Å². The van der Waals surface area contributed by atoms with E-state index >= 15 is 0 Å². The number of benzene rings is 2. The van der Waals surface area contributed by atoms with Gasteiger partial charge in [-0.1, -0.05) is 48.9 Å². The summed E-state index contributed by atoms with van der Waals surface area (Å²) in [6, 6.07) is 18.4.